The second-order valence-electron chi connectivity index (χ2n) is 12.1. The van der Waals surface area contributed by atoms with Gasteiger partial charge in [0.2, 0.25) is 5.91 Å². The predicted molar refractivity (Wildman–Crippen MR) is 155 cm³/mol. The summed E-state index contributed by atoms with van der Waals surface area (Å²) < 4.78 is 5.51. The lowest BCUT2D eigenvalue weighted by molar-refractivity contribution is -0.142. The fourth-order valence-electron chi connectivity index (χ4n) is 4.84. The molecule has 1 fully saturated rings. The van der Waals surface area contributed by atoms with E-state index in [1.165, 1.54) is 0 Å². The van der Waals surface area contributed by atoms with Crippen molar-refractivity contribution in [3.05, 3.63) is 64.7 Å². The largest absolute Gasteiger partial charge is 0.444 e. The molecule has 0 heterocycles. The third-order valence-electron chi connectivity index (χ3n) is 7.49. The maximum absolute atomic E-state index is 14.5. The van der Waals surface area contributed by atoms with Crippen LogP contribution in [0.1, 0.15) is 82.7 Å². The van der Waals surface area contributed by atoms with Crippen molar-refractivity contribution in [2.24, 2.45) is 11.8 Å². The number of alkyl carbamates (subject to hydrolysis) is 1. The van der Waals surface area contributed by atoms with Gasteiger partial charge in [-0.2, -0.15) is 0 Å². The highest BCUT2D eigenvalue weighted by atomic mass is 16.6. The lowest BCUT2D eigenvalue weighted by atomic mass is 9.93. The van der Waals surface area contributed by atoms with Gasteiger partial charge in [0.25, 0.3) is 5.91 Å². The smallest absolute Gasteiger partial charge is 0.408 e. The number of benzene rings is 2. The molecule has 7 nitrogen and oxygen atoms in total. The normalized spacial score (nSPS) is 18.9. The number of nitrogens with zero attached hydrogens (tertiary/aromatic N) is 1. The van der Waals surface area contributed by atoms with Crippen molar-refractivity contribution in [3.63, 3.8) is 0 Å². The van der Waals surface area contributed by atoms with Crippen LogP contribution in [0.4, 0.5) is 10.5 Å². The molecular weight excluding hydrogens is 490 g/mol. The zero-order valence-electron chi connectivity index (χ0n) is 24.9. The topological polar surface area (TPSA) is 87.7 Å². The molecule has 2 aromatic carbocycles. The van der Waals surface area contributed by atoms with Crippen molar-refractivity contribution in [1.82, 2.24) is 10.2 Å². The minimum Gasteiger partial charge on any atom is -0.444 e. The van der Waals surface area contributed by atoms with E-state index in [0.717, 1.165) is 28.7 Å². The molecule has 0 spiro atoms. The van der Waals surface area contributed by atoms with Crippen molar-refractivity contribution in [1.29, 1.82) is 0 Å². The van der Waals surface area contributed by atoms with E-state index in [9.17, 15) is 14.4 Å². The Hall–Kier alpha value is -3.35. The van der Waals surface area contributed by atoms with Gasteiger partial charge in [0.05, 0.1) is 0 Å². The Balaban J connectivity index is 2.09. The first kappa shape index (κ1) is 30.2. The number of nitrogens with one attached hydrogen (secondary N) is 2. The number of para-hydroxylation sites is 1. The minimum atomic E-state index is -0.862. The number of rotatable bonds is 9. The molecule has 0 saturated heterocycles. The monoisotopic (exact) mass is 535 g/mol. The van der Waals surface area contributed by atoms with Gasteiger partial charge >= 0.3 is 6.09 Å². The summed E-state index contributed by atoms with van der Waals surface area (Å²) in [6.45, 7) is 17.3. The summed E-state index contributed by atoms with van der Waals surface area (Å²) in [5.74, 6) is -0.465. The van der Waals surface area contributed by atoms with E-state index in [1.54, 1.807) is 25.7 Å². The van der Waals surface area contributed by atoms with Crippen LogP contribution in [0.5, 0.6) is 0 Å². The van der Waals surface area contributed by atoms with Gasteiger partial charge in [-0.15, -0.1) is 0 Å². The molecule has 0 aromatic heterocycles. The van der Waals surface area contributed by atoms with E-state index in [0.29, 0.717) is 12.1 Å². The molecule has 5 unspecified atom stereocenters. The van der Waals surface area contributed by atoms with Crippen molar-refractivity contribution < 1.29 is 19.1 Å². The number of hydrogen-bond donors (Lipinski definition) is 2. The zero-order chi connectivity index (χ0) is 29.1. The Morgan fingerprint density at radius 2 is 1.69 bits per heavy atom. The first-order chi connectivity index (χ1) is 18.2. The van der Waals surface area contributed by atoms with Gasteiger partial charge in [0.1, 0.15) is 17.7 Å². The van der Waals surface area contributed by atoms with E-state index < -0.39 is 23.8 Å². The highest BCUT2D eigenvalue weighted by Crippen LogP contribution is 2.42. The summed E-state index contributed by atoms with van der Waals surface area (Å²) in [5.41, 5.74) is 3.66. The maximum Gasteiger partial charge on any atom is 0.408 e. The van der Waals surface area contributed by atoms with Gasteiger partial charge in [-0.05, 0) is 82.6 Å². The summed E-state index contributed by atoms with van der Waals surface area (Å²) in [6.07, 6.45) is 0.825. The molecule has 1 aliphatic rings. The molecule has 0 bridgehead atoms. The van der Waals surface area contributed by atoms with E-state index >= 15 is 0 Å². The molecule has 39 heavy (non-hydrogen) atoms. The Labute approximate surface area is 233 Å². The second-order valence-corrected chi connectivity index (χ2v) is 12.1. The highest BCUT2D eigenvalue weighted by Gasteiger charge is 2.49. The lowest BCUT2D eigenvalue weighted by Crippen LogP contribution is -2.55. The third kappa shape index (κ3) is 7.61. The fourth-order valence-corrected chi connectivity index (χ4v) is 4.84. The number of hydrogen-bond acceptors (Lipinski definition) is 4. The van der Waals surface area contributed by atoms with Crippen LogP contribution in [-0.2, 0) is 14.3 Å². The summed E-state index contributed by atoms with van der Waals surface area (Å²) in [6, 6.07) is 11.8. The number of ether oxygens (including phenoxy) is 1. The fraction of sp³-hybridized carbons (Fsp3) is 0.531. The molecular formula is C32H45N3O4. The van der Waals surface area contributed by atoms with Gasteiger partial charge in [0.15, 0.2) is 0 Å². The van der Waals surface area contributed by atoms with Crippen LogP contribution in [0.2, 0.25) is 0 Å². The summed E-state index contributed by atoms with van der Waals surface area (Å²) in [4.78, 5) is 43.2. The van der Waals surface area contributed by atoms with Crippen molar-refractivity contribution in [2.45, 2.75) is 98.9 Å². The Kier molecular flexibility index (Phi) is 9.47. The van der Waals surface area contributed by atoms with Crippen LogP contribution in [0.15, 0.2) is 42.5 Å². The number of carbonyl (C=O) groups is 3. The number of aryl methyl sites for hydroxylation is 3. The third-order valence-corrected chi connectivity index (χ3v) is 7.49. The van der Waals surface area contributed by atoms with Crippen LogP contribution < -0.4 is 10.6 Å². The summed E-state index contributed by atoms with van der Waals surface area (Å²) in [5, 5.41) is 5.95. The van der Waals surface area contributed by atoms with E-state index in [2.05, 4.69) is 17.6 Å². The molecule has 1 aliphatic carbocycles. The molecule has 212 valence electrons. The van der Waals surface area contributed by atoms with Gasteiger partial charge < -0.3 is 20.3 Å². The SMILES string of the molecule is CCC(C)C(NC(=O)OC(C)(C)C)C(=O)N(C(C(=O)Nc1ccccc1C)c1cc(C)ccc1C)C1CC1C. The first-order valence-electron chi connectivity index (χ1n) is 14.0. The number of amides is 3. The van der Waals surface area contributed by atoms with Crippen molar-refractivity contribution in [2.75, 3.05) is 5.32 Å². The molecule has 5 atom stereocenters. The molecule has 3 rings (SSSR count). The van der Waals surface area contributed by atoms with Crippen LogP contribution in [0, 0.1) is 32.6 Å². The van der Waals surface area contributed by atoms with Crippen LogP contribution >= 0.6 is 0 Å². The van der Waals surface area contributed by atoms with Gasteiger partial charge in [-0.3, -0.25) is 9.59 Å². The second kappa shape index (κ2) is 12.2. The van der Waals surface area contributed by atoms with Crippen molar-refractivity contribution in [3.8, 4) is 0 Å². The first-order valence-corrected chi connectivity index (χ1v) is 14.0. The molecule has 3 amide bonds. The average Bonchev–Trinajstić information content (AvgIpc) is 3.57. The van der Waals surface area contributed by atoms with Crippen LogP contribution in [-0.4, -0.2) is 40.5 Å². The average molecular weight is 536 g/mol. The quantitative estimate of drug-likeness (QED) is 0.385. The number of carbonyl (C=O) groups excluding carboxylic acids is 3. The molecule has 0 aliphatic heterocycles. The van der Waals surface area contributed by atoms with Gasteiger partial charge in [-0.25, -0.2) is 4.79 Å². The standard InChI is InChI=1S/C32H45N3O4/c1-10-20(3)27(34-31(38)39-32(7,8)9)30(37)35(26-18-23(26)6)28(24-17-19(2)15-16-21(24)4)29(36)33-25-14-12-11-13-22(25)5/h11-17,20,23,26-28H,10,18H2,1-9H3,(H,33,36)(H,34,38). The Bertz CT molecular complexity index is 1200. The van der Waals surface area contributed by atoms with E-state index in [4.69, 9.17) is 4.74 Å². The van der Waals surface area contributed by atoms with Crippen molar-refractivity contribution >= 4 is 23.6 Å². The highest BCUT2D eigenvalue weighted by molar-refractivity contribution is 6.00. The Morgan fingerprint density at radius 3 is 2.26 bits per heavy atom. The molecule has 1 saturated carbocycles. The van der Waals surface area contributed by atoms with E-state index in [1.807, 2.05) is 77.1 Å². The van der Waals surface area contributed by atoms with Crippen LogP contribution in [0.3, 0.4) is 0 Å². The predicted octanol–water partition coefficient (Wildman–Crippen LogP) is 6.47. The lowest BCUT2D eigenvalue weighted by Gasteiger charge is -2.37. The Morgan fingerprint density at radius 1 is 1.05 bits per heavy atom. The van der Waals surface area contributed by atoms with Gasteiger partial charge in [-0.1, -0.05) is 69.2 Å². The molecule has 0 radical (unpaired) electrons. The number of anilines is 1. The minimum absolute atomic E-state index is 0.114. The molecule has 2 N–H and O–H groups in total. The van der Waals surface area contributed by atoms with E-state index in [-0.39, 0.29) is 29.7 Å². The molecule has 7 heteroatoms. The summed E-state index contributed by atoms with van der Waals surface area (Å²) >= 11 is 0. The summed E-state index contributed by atoms with van der Waals surface area (Å²) in [7, 11) is 0. The van der Waals surface area contributed by atoms with Gasteiger partial charge in [0, 0.05) is 11.7 Å². The maximum atomic E-state index is 14.5. The van der Waals surface area contributed by atoms with Crippen LogP contribution in [0.25, 0.3) is 0 Å². The zero-order valence-corrected chi connectivity index (χ0v) is 24.9. The molecule has 2 aromatic rings.